The van der Waals surface area contributed by atoms with Gasteiger partial charge in [-0.05, 0) is 18.2 Å². The molecule has 0 aliphatic carbocycles. The monoisotopic (exact) mass is 285 g/mol. The van der Waals surface area contributed by atoms with Crippen LogP contribution in [0.5, 0.6) is 5.75 Å². The lowest BCUT2D eigenvalue weighted by Gasteiger charge is -2.05. The van der Waals surface area contributed by atoms with E-state index in [2.05, 4.69) is 5.32 Å². The molecule has 0 bridgehead atoms. The molecule has 0 unspecified atom stereocenters. The number of carbonyl (C=O) groups is 1. The summed E-state index contributed by atoms with van der Waals surface area (Å²) in [6, 6.07) is 10.7. The van der Waals surface area contributed by atoms with Crippen molar-refractivity contribution < 1.29 is 18.7 Å². The number of phenolic OH excluding ortho intramolecular Hbond substituents is 1. The second-order valence-electron chi connectivity index (χ2n) is 4.64. The van der Waals surface area contributed by atoms with Crippen LogP contribution < -0.4 is 5.32 Å². The van der Waals surface area contributed by atoms with E-state index in [1.54, 1.807) is 6.26 Å². The van der Waals surface area contributed by atoms with E-state index in [0.29, 0.717) is 0 Å². The smallest absolute Gasteiger partial charge is 0.251 e. The number of amides is 1. The Balaban J connectivity index is 1.76. The van der Waals surface area contributed by atoms with Crippen LogP contribution in [0.25, 0.3) is 11.0 Å². The van der Waals surface area contributed by atoms with Crippen LogP contribution in [0.3, 0.4) is 0 Å². The summed E-state index contributed by atoms with van der Waals surface area (Å²) in [4.78, 5) is 12.0. The first-order chi connectivity index (χ1) is 10.1. The Morgan fingerprint density at radius 1 is 1.24 bits per heavy atom. The molecule has 106 valence electrons. The number of carbonyl (C=O) groups excluding carboxylic acids is 1. The van der Waals surface area contributed by atoms with Gasteiger partial charge in [0.25, 0.3) is 5.91 Å². The molecule has 0 fully saturated rings. The van der Waals surface area contributed by atoms with Crippen molar-refractivity contribution in [3.05, 3.63) is 65.7 Å². The van der Waals surface area contributed by atoms with Crippen molar-refractivity contribution in [2.75, 3.05) is 0 Å². The Bertz CT molecular complexity index is 790. The third-order valence-corrected chi connectivity index (χ3v) is 3.15. The highest BCUT2D eigenvalue weighted by Gasteiger charge is 2.10. The highest BCUT2D eigenvalue weighted by Crippen LogP contribution is 2.20. The highest BCUT2D eigenvalue weighted by atomic mass is 19.1. The molecular weight excluding hydrogens is 273 g/mol. The molecule has 1 amide bonds. The van der Waals surface area contributed by atoms with Crippen molar-refractivity contribution in [1.82, 2.24) is 5.32 Å². The standard InChI is InChI=1S/C16H12FNO3/c17-12-5-10(6-13(19)7-12)16(20)18-8-11-9-21-15-4-2-1-3-14(11)15/h1-7,9,19H,8H2,(H,18,20). The summed E-state index contributed by atoms with van der Waals surface area (Å²) >= 11 is 0. The first kappa shape index (κ1) is 13.2. The third kappa shape index (κ3) is 2.72. The van der Waals surface area contributed by atoms with Crippen LogP contribution in [0.2, 0.25) is 0 Å². The average molecular weight is 285 g/mol. The van der Waals surface area contributed by atoms with Crippen LogP contribution in [0.15, 0.2) is 53.1 Å². The van der Waals surface area contributed by atoms with Crippen molar-refractivity contribution >= 4 is 16.9 Å². The van der Waals surface area contributed by atoms with Gasteiger partial charge >= 0.3 is 0 Å². The molecule has 0 aliphatic rings. The summed E-state index contributed by atoms with van der Waals surface area (Å²) in [7, 11) is 0. The van der Waals surface area contributed by atoms with E-state index >= 15 is 0 Å². The molecule has 1 aromatic heterocycles. The fraction of sp³-hybridized carbons (Fsp3) is 0.0625. The van der Waals surface area contributed by atoms with Gasteiger partial charge in [-0.2, -0.15) is 0 Å². The predicted molar refractivity (Wildman–Crippen MR) is 75.4 cm³/mol. The van der Waals surface area contributed by atoms with Crippen molar-refractivity contribution in [2.24, 2.45) is 0 Å². The van der Waals surface area contributed by atoms with Gasteiger partial charge in [0, 0.05) is 29.1 Å². The molecule has 0 aliphatic heterocycles. The van der Waals surface area contributed by atoms with Crippen LogP contribution >= 0.6 is 0 Å². The highest BCUT2D eigenvalue weighted by molar-refractivity contribution is 5.94. The van der Waals surface area contributed by atoms with E-state index in [1.165, 1.54) is 6.07 Å². The minimum atomic E-state index is -0.658. The summed E-state index contributed by atoms with van der Waals surface area (Å²) in [5, 5.41) is 12.9. The number of rotatable bonds is 3. The number of aromatic hydroxyl groups is 1. The van der Waals surface area contributed by atoms with E-state index in [-0.39, 0.29) is 17.9 Å². The van der Waals surface area contributed by atoms with Gasteiger partial charge in [0.1, 0.15) is 17.1 Å². The Kier molecular flexibility index (Phi) is 3.31. The first-order valence-corrected chi connectivity index (χ1v) is 6.36. The summed E-state index contributed by atoms with van der Waals surface area (Å²) in [5.74, 6) is -1.40. The second kappa shape index (κ2) is 5.28. The summed E-state index contributed by atoms with van der Waals surface area (Å²) < 4.78 is 18.5. The summed E-state index contributed by atoms with van der Waals surface area (Å²) in [6.07, 6.45) is 1.58. The van der Waals surface area contributed by atoms with Gasteiger partial charge in [-0.1, -0.05) is 18.2 Å². The van der Waals surface area contributed by atoms with Crippen LogP contribution in [-0.2, 0) is 6.54 Å². The molecule has 2 aromatic carbocycles. The number of nitrogens with one attached hydrogen (secondary N) is 1. The van der Waals surface area contributed by atoms with E-state index in [9.17, 15) is 14.3 Å². The number of benzene rings is 2. The largest absolute Gasteiger partial charge is 0.508 e. The van der Waals surface area contributed by atoms with E-state index < -0.39 is 11.7 Å². The minimum Gasteiger partial charge on any atom is -0.508 e. The van der Waals surface area contributed by atoms with E-state index in [4.69, 9.17) is 4.42 Å². The zero-order valence-electron chi connectivity index (χ0n) is 11.0. The van der Waals surface area contributed by atoms with Gasteiger partial charge in [-0.3, -0.25) is 4.79 Å². The molecule has 0 atom stereocenters. The number of fused-ring (bicyclic) bond motifs is 1. The molecular formula is C16H12FNO3. The SMILES string of the molecule is O=C(NCc1coc2ccccc12)c1cc(O)cc(F)c1. The minimum absolute atomic E-state index is 0.0697. The molecule has 0 saturated carbocycles. The van der Waals surface area contributed by atoms with Gasteiger partial charge in [0.05, 0.1) is 6.26 Å². The second-order valence-corrected chi connectivity index (χ2v) is 4.64. The molecule has 3 aromatic rings. The average Bonchev–Trinajstić information content (AvgIpc) is 2.87. The normalized spacial score (nSPS) is 10.7. The summed E-state index contributed by atoms with van der Waals surface area (Å²) in [5.41, 5.74) is 1.64. The topological polar surface area (TPSA) is 62.5 Å². The third-order valence-electron chi connectivity index (χ3n) is 3.15. The Morgan fingerprint density at radius 2 is 2.05 bits per heavy atom. The van der Waals surface area contributed by atoms with Crippen LogP contribution in [0.1, 0.15) is 15.9 Å². The van der Waals surface area contributed by atoms with Crippen molar-refractivity contribution in [2.45, 2.75) is 6.54 Å². The van der Waals surface area contributed by atoms with Gasteiger partial charge in [0.15, 0.2) is 0 Å². The van der Waals surface area contributed by atoms with Gasteiger partial charge in [-0.25, -0.2) is 4.39 Å². The first-order valence-electron chi connectivity index (χ1n) is 6.36. The molecule has 0 radical (unpaired) electrons. The summed E-state index contributed by atoms with van der Waals surface area (Å²) in [6.45, 7) is 0.257. The predicted octanol–water partition coefficient (Wildman–Crippen LogP) is 3.21. The number of halogens is 1. The fourth-order valence-corrected chi connectivity index (χ4v) is 2.15. The lowest BCUT2D eigenvalue weighted by Crippen LogP contribution is -2.22. The molecule has 21 heavy (non-hydrogen) atoms. The number of hydrogen-bond acceptors (Lipinski definition) is 3. The maximum Gasteiger partial charge on any atom is 0.251 e. The number of furan rings is 1. The maximum absolute atomic E-state index is 13.2. The molecule has 3 rings (SSSR count). The zero-order valence-corrected chi connectivity index (χ0v) is 11.0. The molecule has 0 saturated heterocycles. The quantitative estimate of drug-likeness (QED) is 0.776. The van der Waals surface area contributed by atoms with Crippen LogP contribution in [-0.4, -0.2) is 11.0 Å². The number of hydrogen-bond donors (Lipinski definition) is 2. The molecule has 1 heterocycles. The lowest BCUT2D eigenvalue weighted by atomic mass is 10.1. The molecule has 2 N–H and O–H groups in total. The molecule has 4 nitrogen and oxygen atoms in total. The van der Waals surface area contributed by atoms with Gasteiger partial charge in [0.2, 0.25) is 0 Å². The molecule has 0 spiro atoms. The van der Waals surface area contributed by atoms with Gasteiger partial charge < -0.3 is 14.8 Å². The lowest BCUT2D eigenvalue weighted by molar-refractivity contribution is 0.0950. The number of para-hydroxylation sites is 1. The van der Waals surface area contributed by atoms with Crippen LogP contribution in [0, 0.1) is 5.82 Å². The van der Waals surface area contributed by atoms with Crippen molar-refractivity contribution in [3.8, 4) is 5.75 Å². The van der Waals surface area contributed by atoms with Crippen molar-refractivity contribution in [3.63, 3.8) is 0 Å². The van der Waals surface area contributed by atoms with Gasteiger partial charge in [-0.15, -0.1) is 0 Å². The Labute approximate surface area is 119 Å². The Morgan fingerprint density at radius 3 is 2.86 bits per heavy atom. The fourth-order valence-electron chi connectivity index (χ4n) is 2.15. The maximum atomic E-state index is 13.2. The van der Waals surface area contributed by atoms with E-state index in [1.807, 2.05) is 24.3 Å². The number of phenols is 1. The Hall–Kier alpha value is -2.82. The van der Waals surface area contributed by atoms with Crippen molar-refractivity contribution in [1.29, 1.82) is 0 Å². The van der Waals surface area contributed by atoms with E-state index in [0.717, 1.165) is 28.7 Å². The van der Waals surface area contributed by atoms with Crippen LogP contribution in [0.4, 0.5) is 4.39 Å². The zero-order chi connectivity index (χ0) is 14.8. The molecule has 5 heteroatoms.